The van der Waals surface area contributed by atoms with Crippen LogP contribution in [0.3, 0.4) is 0 Å². The first-order chi connectivity index (χ1) is 6.54. The van der Waals surface area contributed by atoms with Crippen LogP contribution in [0.1, 0.15) is 31.1 Å². The summed E-state index contributed by atoms with van der Waals surface area (Å²) in [6.07, 6.45) is 0.981. The molecule has 0 aromatic heterocycles. The summed E-state index contributed by atoms with van der Waals surface area (Å²) >= 11 is 0. The van der Waals surface area contributed by atoms with Gasteiger partial charge in [-0.1, -0.05) is 19.9 Å². The Hall–Kier alpha value is -0.890. The molecule has 1 atom stereocenters. The lowest BCUT2D eigenvalue weighted by molar-refractivity contribution is 0.0189. The van der Waals surface area contributed by atoms with Gasteiger partial charge in [0.05, 0.1) is 6.10 Å². The molecule has 0 radical (unpaired) electrons. The fraction of sp³-hybridized carbons (Fsp3) is 0.500. The van der Waals surface area contributed by atoms with Crippen LogP contribution >= 0.6 is 0 Å². The number of hydrogen-bond acceptors (Lipinski definition) is 1. The first kappa shape index (κ1) is 9.66. The summed E-state index contributed by atoms with van der Waals surface area (Å²) in [5.41, 5.74) is 2.30. The van der Waals surface area contributed by atoms with E-state index in [4.69, 9.17) is 4.74 Å². The lowest BCUT2D eigenvalue weighted by Gasteiger charge is -2.25. The zero-order valence-corrected chi connectivity index (χ0v) is 8.80. The Labute approximate surface area is 83.9 Å². The van der Waals surface area contributed by atoms with Crippen LogP contribution in [0, 0.1) is 11.2 Å². The zero-order chi connectivity index (χ0) is 10.3. The standard InChI is InChI=1S/C12H15FO/c1-12(2)7-8-4-5-9(13)6-10(8)11(12)14-3/h4-6,11H,7H2,1-3H3. The van der Waals surface area contributed by atoms with Crippen molar-refractivity contribution >= 4 is 0 Å². The Morgan fingerprint density at radius 3 is 2.79 bits per heavy atom. The van der Waals surface area contributed by atoms with Crippen LogP contribution in [0.2, 0.25) is 0 Å². The minimum atomic E-state index is -0.177. The first-order valence-electron chi connectivity index (χ1n) is 4.86. The van der Waals surface area contributed by atoms with E-state index in [-0.39, 0.29) is 17.3 Å². The van der Waals surface area contributed by atoms with Gasteiger partial charge in [0.1, 0.15) is 5.82 Å². The molecule has 0 amide bonds. The molecule has 0 aliphatic heterocycles. The van der Waals surface area contributed by atoms with Crippen LogP contribution < -0.4 is 0 Å². The predicted molar refractivity (Wildman–Crippen MR) is 53.6 cm³/mol. The van der Waals surface area contributed by atoms with Crippen molar-refractivity contribution in [2.45, 2.75) is 26.4 Å². The van der Waals surface area contributed by atoms with Gasteiger partial charge in [0.15, 0.2) is 0 Å². The fourth-order valence-electron chi connectivity index (χ4n) is 2.42. The van der Waals surface area contributed by atoms with Crippen molar-refractivity contribution in [3.63, 3.8) is 0 Å². The second kappa shape index (κ2) is 3.06. The molecule has 1 aromatic rings. The molecule has 1 aromatic carbocycles. The molecule has 0 spiro atoms. The maximum absolute atomic E-state index is 13.1. The Balaban J connectivity index is 2.49. The number of hydrogen-bond donors (Lipinski definition) is 0. The number of benzene rings is 1. The van der Waals surface area contributed by atoms with E-state index in [0.717, 1.165) is 12.0 Å². The van der Waals surface area contributed by atoms with E-state index in [0.29, 0.717) is 0 Å². The quantitative estimate of drug-likeness (QED) is 0.667. The van der Waals surface area contributed by atoms with Crippen LogP contribution in [-0.4, -0.2) is 7.11 Å². The van der Waals surface area contributed by atoms with Crippen molar-refractivity contribution in [1.29, 1.82) is 0 Å². The van der Waals surface area contributed by atoms with E-state index in [9.17, 15) is 4.39 Å². The van der Waals surface area contributed by atoms with Gasteiger partial charge in [-0.25, -0.2) is 4.39 Å². The van der Waals surface area contributed by atoms with Gasteiger partial charge in [-0.3, -0.25) is 0 Å². The summed E-state index contributed by atoms with van der Waals surface area (Å²) < 4.78 is 18.5. The molecule has 0 heterocycles. The molecule has 1 nitrogen and oxygen atoms in total. The molecule has 0 N–H and O–H groups in total. The Morgan fingerprint density at radius 2 is 2.14 bits per heavy atom. The Kier molecular flexibility index (Phi) is 2.11. The summed E-state index contributed by atoms with van der Waals surface area (Å²) in [7, 11) is 1.69. The molecule has 1 aliphatic rings. The molecule has 76 valence electrons. The largest absolute Gasteiger partial charge is 0.376 e. The number of ether oxygens (including phenoxy) is 1. The Bertz CT molecular complexity index is 357. The van der Waals surface area contributed by atoms with Crippen molar-refractivity contribution in [3.05, 3.63) is 35.1 Å². The Morgan fingerprint density at radius 1 is 1.43 bits per heavy atom. The van der Waals surface area contributed by atoms with E-state index in [1.807, 2.05) is 6.07 Å². The molecule has 0 bridgehead atoms. The first-order valence-corrected chi connectivity index (χ1v) is 4.86. The normalized spacial score (nSPS) is 23.6. The number of methoxy groups -OCH3 is 1. The highest BCUT2D eigenvalue weighted by molar-refractivity contribution is 5.37. The van der Waals surface area contributed by atoms with E-state index in [1.54, 1.807) is 13.2 Å². The van der Waals surface area contributed by atoms with Crippen molar-refractivity contribution in [3.8, 4) is 0 Å². The molecule has 0 saturated heterocycles. The van der Waals surface area contributed by atoms with Gasteiger partial charge in [0.25, 0.3) is 0 Å². The van der Waals surface area contributed by atoms with Gasteiger partial charge in [-0.2, -0.15) is 0 Å². The fourth-order valence-corrected chi connectivity index (χ4v) is 2.42. The van der Waals surface area contributed by atoms with Gasteiger partial charge < -0.3 is 4.74 Å². The average molecular weight is 194 g/mol. The smallest absolute Gasteiger partial charge is 0.123 e. The third-order valence-corrected chi connectivity index (χ3v) is 2.98. The highest BCUT2D eigenvalue weighted by Gasteiger charge is 2.39. The molecular weight excluding hydrogens is 179 g/mol. The van der Waals surface area contributed by atoms with Crippen LogP contribution in [0.25, 0.3) is 0 Å². The van der Waals surface area contributed by atoms with E-state index in [2.05, 4.69) is 13.8 Å². The van der Waals surface area contributed by atoms with Crippen molar-refractivity contribution in [1.82, 2.24) is 0 Å². The SMILES string of the molecule is COC1c2cc(F)ccc2CC1(C)C. The third kappa shape index (κ3) is 1.34. The van der Waals surface area contributed by atoms with E-state index < -0.39 is 0 Å². The highest BCUT2D eigenvalue weighted by atomic mass is 19.1. The molecule has 14 heavy (non-hydrogen) atoms. The van der Waals surface area contributed by atoms with E-state index >= 15 is 0 Å². The topological polar surface area (TPSA) is 9.23 Å². The highest BCUT2D eigenvalue weighted by Crippen LogP contribution is 2.47. The zero-order valence-electron chi connectivity index (χ0n) is 8.80. The molecule has 1 aliphatic carbocycles. The number of fused-ring (bicyclic) bond motifs is 1. The van der Waals surface area contributed by atoms with Crippen LogP contribution in [0.5, 0.6) is 0 Å². The van der Waals surface area contributed by atoms with Crippen molar-refractivity contribution in [2.24, 2.45) is 5.41 Å². The molecule has 1 unspecified atom stereocenters. The van der Waals surface area contributed by atoms with Crippen molar-refractivity contribution in [2.75, 3.05) is 7.11 Å². The molecule has 0 fully saturated rings. The van der Waals surface area contributed by atoms with E-state index in [1.165, 1.54) is 11.6 Å². The molecule has 2 heteroatoms. The van der Waals surface area contributed by atoms with Crippen molar-refractivity contribution < 1.29 is 9.13 Å². The molecule has 0 saturated carbocycles. The lowest BCUT2D eigenvalue weighted by Crippen LogP contribution is -2.18. The summed E-state index contributed by atoms with van der Waals surface area (Å²) in [6.45, 7) is 4.30. The summed E-state index contributed by atoms with van der Waals surface area (Å²) in [5, 5.41) is 0. The van der Waals surface area contributed by atoms with Gasteiger partial charge in [0, 0.05) is 7.11 Å². The number of rotatable bonds is 1. The maximum Gasteiger partial charge on any atom is 0.123 e. The maximum atomic E-state index is 13.1. The average Bonchev–Trinajstić information content (AvgIpc) is 2.34. The third-order valence-electron chi connectivity index (χ3n) is 2.98. The van der Waals surface area contributed by atoms with Crippen LogP contribution in [0.4, 0.5) is 4.39 Å². The van der Waals surface area contributed by atoms with Gasteiger partial charge in [0.2, 0.25) is 0 Å². The minimum absolute atomic E-state index is 0.0215. The minimum Gasteiger partial charge on any atom is -0.376 e. The summed E-state index contributed by atoms with van der Waals surface area (Å²) in [4.78, 5) is 0. The second-order valence-electron chi connectivity index (χ2n) is 4.62. The van der Waals surface area contributed by atoms with Gasteiger partial charge >= 0.3 is 0 Å². The second-order valence-corrected chi connectivity index (χ2v) is 4.62. The number of halogens is 1. The summed E-state index contributed by atoms with van der Waals surface area (Å²) in [5.74, 6) is -0.177. The van der Waals surface area contributed by atoms with Gasteiger partial charge in [-0.05, 0) is 35.1 Å². The van der Waals surface area contributed by atoms with Crippen LogP contribution in [-0.2, 0) is 11.2 Å². The molecule has 2 rings (SSSR count). The molecular formula is C12H15FO. The summed E-state index contributed by atoms with van der Waals surface area (Å²) in [6, 6.07) is 4.98. The predicted octanol–water partition coefficient (Wildman–Crippen LogP) is 3.10. The van der Waals surface area contributed by atoms with Gasteiger partial charge in [-0.15, -0.1) is 0 Å². The monoisotopic (exact) mass is 194 g/mol. The lowest BCUT2D eigenvalue weighted by atomic mass is 9.87. The van der Waals surface area contributed by atoms with Crippen LogP contribution in [0.15, 0.2) is 18.2 Å².